The van der Waals surface area contributed by atoms with Crippen LogP contribution in [0.15, 0.2) is 88.8 Å². The quantitative estimate of drug-likeness (QED) is 0.395. The first kappa shape index (κ1) is 27.3. The molecule has 2 aliphatic heterocycles. The Labute approximate surface area is 238 Å². The Morgan fingerprint density at radius 1 is 1.02 bits per heavy atom. The van der Waals surface area contributed by atoms with E-state index in [2.05, 4.69) is 15.6 Å². The van der Waals surface area contributed by atoms with E-state index in [1.165, 1.54) is 16.7 Å². The second kappa shape index (κ2) is 12.3. The number of carbonyl (C=O) groups is 3. The highest BCUT2D eigenvalue weighted by Crippen LogP contribution is 2.35. The molecule has 0 fully saturated rings. The maximum Gasteiger partial charge on any atom is 0.259 e. The molecule has 0 bridgehead atoms. The highest BCUT2D eigenvalue weighted by Gasteiger charge is 2.43. The lowest BCUT2D eigenvalue weighted by atomic mass is 10.1. The lowest BCUT2D eigenvalue weighted by molar-refractivity contribution is -0.128. The molecule has 3 amide bonds. The molecular weight excluding hydrogens is 522 g/mol. The lowest BCUT2D eigenvalue weighted by Gasteiger charge is -2.27. The van der Waals surface area contributed by atoms with Crippen molar-refractivity contribution in [2.24, 2.45) is 9.98 Å². The van der Waals surface area contributed by atoms with Crippen LogP contribution in [0, 0.1) is 6.92 Å². The van der Waals surface area contributed by atoms with Gasteiger partial charge in [0.05, 0.1) is 17.4 Å². The molecule has 0 radical (unpaired) electrons. The summed E-state index contributed by atoms with van der Waals surface area (Å²) in [4.78, 5) is 50.4. The van der Waals surface area contributed by atoms with Crippen molar-refractivity contribution in [3.05, 3.63) is 95.6 Å². The fraction of sp³-hybridized carbons (Fsp3) is 0.258. The van der Waals surface area contributed by atoms with Crippen molar-refractivity contribution in [3.63, 3.8) is 0 Å². The third-order valence-corrected chi connectivity index (χ3v) is 8.02. The van der Waals surface area contributed by atoms with Crippen LogP contribution in [-0.2, 0) is 20.8 Å². The topological polar surface area (TPSA) is 103 Å². The number of amides is 3. The number of thioether (sulfide) groups is 1. The molecule has 3 aromatic carbocycles. The van der Waals surface area contributed by atoms with E-state index in [1.54, 1.807) is 0 Å². The normalized spacial score (nSPS) is 16.4. The van der Waals surface area contributed by atoms with Crippen molar-refractivity contribution in [3.8, 4) is 0 Å². The van der Waals surface area contributed by atoms with Gasteiger partial charge in [-0.15, -0.1) is 0 Å². The molecule has 5 rings (SSSR count). The minimum absolute atomic E-state index is 0.0568. The Balaban J connectivity index is 1.30. The number of aryl methyl sites for hydroxylation is 1. The van der Waals surface area contributed by atoms with Gasteiger partial charge in [0.15, 0.2) is 5.17 Å². The fourth-order valence-corrected chi connectivity index (χ4v) is 5.67. The number of nitrogens with zero attached hydrogens (tertiary/aromatic N) is 3. The molecular formula is C31H31N5O3S. The second-order valence-electron chi connectivity index (χ2n) is 9.72. The number of rotatable bonds is 9. The molecule has 2 atom stereocenters. The molecule has 0 unspecified atom stereocenters. The molecule has 0 saturated carbocycles. The number of aliphatic imine (C=N–C) groups is 2. The molecule has 9 heteroatoms. The molecule has 8 nitrogen and oxygen atoms in total. The Morgan fingerprint density at radius 2 is 1.80 bits per heavy atom. The van der Waals surface area contributed by atoms with Crippen molar-refractivity contribution in [2.75, 3.05) is 11.9 Å². The van der Waals surface area contributed by atoms with Gasteiger partial charge in [-0.3, -0.25) is 19.4 Å². The van der Waals surface area contributed by atoms with E-state index >= 15 is 0 Å². The average Bonchev–Trinajstić information content (AvgIpc) is 3.28. The molecule has 0 saturated heterocycles. The average molecular weight is 554 g/mol. The molecule has 3 aromatic rings. The lowest BCUT2D eigenvalue weighted by Crippen LogP contribution is -2.43. The predicted molar refractivity (Wildman–Crippen MR) is 160 cm³/mol. The molecule has 2 aliphatic rings. The SMILES string of the molecule is CC[C@H](SC1=Nc2ccccc2C2=N[C@H](CC(=O)NCCc3ccccc3)C(=O)N12)C(=O)Nc1cccc(C)c1. The number of benzene rings is 3. The van der Waals surface area contributed by atoms with Crippen LogP contribution in [0.25, 0.3) is 0 Å². The van der Waals surface area contributed by atoms with Crippen molar-refractivity contribution < 1.29 is 14.4 Å². The first-order chi connectivity index (χ1) is 19.4. The third kappa shape index (κ3) is 6.15. The monoisotopic (exact) mass is 553 g/mol. The number of para-hydroxylation sites is 1. The minimum Gasteiger partial charge on any atom is -0.356 e. The van der Waals surface area contributed by atoms with E-state index in [-0.39, 0.29) is 24.1 Å². The molecule has 40 heavy (non-hydrogen) atoms. The van der Waals surface area contributed by atoms with E-state index in [1.807, 2.05) is 92.7 Å². The fourth-order valence-electron chi connectivity index (χ4n) is 4.65. The summed E-state index contributed by atoms with van der Waals surface area (Å²) < 4.78 is 0. The molecule has 2 N–H and O–H groups in total. The van der Waals surface area contributed by atoms with Gasteiger partial charge >= 0.3 is 0 Å². The predicted octanol–water partition coefficient (Wildman–Crippen LogP) is 4.85. The van der Waals surface area contributed by atoms with Gasteiger partial charge in [0, 0.05) is 17.8 Å². The first-order valence-electron chi connectivity index (χ1n) is 13.4. The zero-order valence-corrected chi connectivity index (χ0v) is 23.3. The largest absolute Gasteiger partial charge is 0.356 e. The molecule has 0 spiro atoms. The van der Waals surface area contributed by atoms with Crippen LogP contribution in [0.4, 0.5) is 11.4 Å². The number of anilines is 1. The summed E-state index contributed by atoms with van der Waals surface area (Å²) in [5, 5.41) is 5.79. The smallest absolute Gasteiger partial charge is 0.259 e. The van der Waals surface area contributed by atoms with Crippen LogP contribution in [0.1, 0.15) is 36.5 Å². The first-order valence-corrected chi connectivity index (χ1v) is 14.3. The van der Waals surface area contributed by atoms with Crippen molar-refractivity contribution >= 4 is 51.9 Å². The van der Waals surface area contributed by atoms with Gasteiger partial charge in [-0.25, -0.2) is 9.89 Å². The van der Waals surface area contributed by atoms with Gasteiger partial charge in [-0.05, 0) is 55.2 Å². The van der Waals surface area contributed by atoms with Crippen molar-refractivity contribution in [2.45, 2.75) is 44.4 Å². The van der Waals surface area contributed by atoms with Crippen LogP contribution in [0.2, 0.25) is 0 Å². The Bertz CT molecular complexity index is 1490. The summed E-state index contributed by atoms with van der Waals surface area (Å²) in [6.45, 7) is 4.37. The second-order valence-corrected chi connectivity index (χ2v) is 10.9. The summed E-state index contributed by atoms with van der Waals surface area (Å²) in [6.07, 6.45) is 1.18. The maximum absolute atomic E-state index is 13.6. The van der Waals surface area contributed by atoms with E-state index in [4.69, 9.17) is 4.99 Å². The maximum atomic E-state index is 13.6. The summed E-state index contributed by atoms with van der Waals surface area (Å²) >= 11 is 1.24. The summed E-state index contributed by atoms with van der Waals surface area (Å²) in [6, 6.07) is 24.1. The van der Waals surface area contributed by atoms with E-state index in [9.17, 15) is 14.4 Å². The summed E-state index contributed by atoms with van der Waals surface area (Å²) in [5.41, 5.74) is 4.30. The van der Waals surface area contributed by atoms with Crippen molar-refractivity contribution in [1.82, 2.24) is 10.2 Å². The number of carbonyl (C=O) groups excluding carboxylic acids is 3. The van der Waals surface area contributed by atoms with Gasteiger partial charge in [0.1, 0.15) is 11.9 Å². The Hall–Kier alpha value is -4.24. The van der Waals surface area contributed by atoms with Crippen LogP contribution < -0.4 is 10.6 Å². The van der Waals surface area contributed by atoms with Gasteiger partial charge in [-0.2, -0.15) is 0 Å². The van der Waals surface area contributed by atoms with Crippen LogP contribution in [0.5, 0.6) is 0 Å². The minimum atomic E-state index is -0.857. The summed E-state index contributed by atoms with van der Waals surface area (Å²) in [7, 11) is 0. The molecule has 0 aliphatic carbocycles. The van der Waals surface area contributed by atoms with Gasteiger partial charge in [0.25, 0.3) is 5.91 Å². The van der Waals surface area contributed by atoms with Gasteiger partial charge in [0.2, 0.25) is 11.8 Å². The zero-order valence-electron chi connectivity index (χ0n) is 22.5. The number of nitrogens with one attached hydrogen (secondary N) is 2. The van der Waals surface area contributed by atoms with Gasteiger partial charge < -0.3 is 10.6 Å². The number of fused-ring (bicyclic) bond motifs is 3. The van der Waals surface area contributed by atoms with E-state index in [0.29, 0.717) is 36.1 Å². The highest BCUT2D eigenvalue weighted by molar-refractivity contribution is 8.15. The molecule has 204 valence electrons. The molecule has 2 heterocycles. The van der Waals surface area contributed by atoms with E-state index in [0.717, 1.165) is 22.4 Å². The number of hydrogen-bond donors (Lipinski definition) is 2. The van der Waals surface area contributed by atoms with Crippen LogP contribution in [-0.4, -0.2) is 51.5 Å². The number of amidine groups is 2. The number of hydrogen-bond acceptors (Lipinski definition) is 6. The van der Waals surface area contributed by atoms with Crippen LogP contribution in [0.3, 0.4) is 0 Å². The molecule has 0 aromatic heterocycles. The highest BCUT2D eigenvalue weighted by atomic mass is 32.2. The standard InChI is InChI=1S/C31H31N5O3S/c1-3-26(29(38)33-22-13-9-10-20(2)18-22)40-31-35-24-15-8-7-14-23(24)28-34-25(30(39)36(28)31)19-27(37)32-17-16-21-11-5-4-6-12-21/h4-15,18,25-26H,3,16-17,19H2,1-2H3,(H,32,37)(H,33,38)/t25-,26+/m1/s1. The van der Waals surface area contributed by atoms with Crippen molar-refractivity contribution in [1.29, 1.82) is 0 Å². The Kier molecular flexibility index (Phi) is 8.40. The Morgan fingerprint density at radius 3 is 2.58 bits per heavy atom. The third-order valence-electron chi connectivity index (χ3n) is 6.70. The van der Waals surface area contributed by atoms with Gasteiger partial charge in [-0.1, -0.05) is 73.3 Å². The van der Waals surface area contributed by atoms with Crippen LogP contribution >= 0.6 is 11.8 Å². The van der Waals surface area contributed by atoms with E-state index < -0.39 is 11.3 Å². The summed E-state index contributed by atoms with van der Waals surface area (Å²) in [5.74, 6) is -0.252. The zero-order chi connectivity index (χ0) is 28.1.